The van der Waals surface area contributed by atoms with E-state index in [-0.39, 0.29) is 13.1 Å². The molecule has 24 heavy (non-hydrogen) atoms. The minimum Gasteiger partial charge on any atom is -0.467 e. The molecule has 0 spiro atoms. The van der Waals surface area contributed by atoms with Gasteiger partial charge in [-0.3, -0.25) is 4.79 Å². The molecule has 0 unspecified atom stereocenters. The van der Waals surface area contributed by atoms with Crippen molar-refractivity contribution in [1.82, 2.24) is 9.62 Å². The van der Waals surface area contributed by atoms with Gasteiger partial charge in [-0.15, -0.1) is 0 Å². The topological polar surface area (TPSA) is 82.9 Å². The zero-order valence-corrected chi connectivity index (χ0v) is 14.7. The van der Waals surface area contributed by atoms with Gasteiger partial charge in [-0.2, -0.15) is 12.7 Å². The highest BCUT2D eigenvalue weighted by Gasteiger charge is 2.27. The zero-order valence-electron chi connectivity index (χ0n) is 13.9. The molecule has 0 radical (unpaired) electrons. The monoisotopic (exact) mass is 351 g/mol. The van der Waals surface area contributed by atoms with Crippen LogP contribution < -0.4 is 9.62 Å². The van der Waals surface area contributed by atoms with E-state index in [9.17, 15) is 13.2 Å². The van der Waals surface area contributed by atoms with Crippen molar-refractivity contribution >= 4 is 21.8 Å². The average Bonchev–Trinajstić information content (AvgIpc) is 3.05. The van der Waals surface area contributed by atoms with Crippen LogP contribution in [0.2, 0.25) is 0 Å². The van der Waals surface area contributed by atoms with Crippen molar-refractivity contribution in [3.05, 3.63) is 54.0 Å². The van der Waals surface area contributed by atoms with Crippen LogP contribution >= 0.6 is 0 Å². The predicted molar refractivity (Wildman–Crippen MR) is 91.7 cm³/mol. The number of amides is 1. The zero-order chi connectivity index (χ0) is 17.7. The number of anilines is 1. The predicted octanol–water partition coefficient (Wildman–Crippen LogP) is 1.52. The molecule has 0 saturated carbocycles. The SMILES string of the molecule is Cc1ccc(N(CC(=O)NCc2ccco2)S(=O)(=O)N(C)C)cc1. The number of carbonyl (C=O) groups is 1. The lowest BCUT2D eigenvalue weighted by atomic mass is 10.2. The molecule has 1 aromatic carbocycles. The molecule has 0 saturated heterocycles. The average molecular weight is 351 g/mol. The number of hydrogen-bond donors (Lipinski definition) is 1. The molecule has 1 aromatic heterocycles. The summed E-state index contributed by atoms with van der Waals surface area (Å²) in [6.07, 6.45) is 1.51. The first-order valence-electron chi connectivity index (χ1n) is 7.36. The number of rotatable bonds is 7. The Balaban J connectivity index is 2.16. The van der Waals surface area contributed by atoms with Gasteiger partial charge in [0.1, 0.15) is 12.3 Å². The molecule has 0 aliphatic rings. The molecule has 0 bridgehead atoms. The van der Waals surface area contributed by atoms with E-state index in [2.05, 4.69) is 5.32 Å². The molecule has 1 N–H and O–H groups in total. The Bertz CT molecular complexity index is 768. The summed E-state index contributed by atoms with van der Waals surface area (Å²) >= 11 is 0. The van der Waals surface area contributed by atoms with Crippen LogP contribution in [-0.2, 0) is 21.5 Å². The summed E-state index contributed by atoms with van der Waals surface area (Å²) in [5.41, 5.74) is 1.44. The van der Waals surface area contributed by atoms with E-state index in [0.29, 0.717) is 11.4 Å². The molecule has 7 nitrogen and oxygen atoms in total. The molecule has 0 fully saturated rings. The summed E-state index contributed by atoms with van der Waals surface area (Å²) in [5, 5.41) is 2.65. The van der Waals surface area contributed by atoms with Gasteiger partial charge in [0, 0.05) is 14.1 Å². The molecule has 130 valence electrons. The first-order valence-corrected chi connectivity index (χ1v) is 8.76. The smallest absolute Gasteiger partial charge is 0.304 e. The lowest BCUT2D eigenvalue weighted by Crippen LogP contribution is -2.45. The lowest BCUT2D eigenvalue weighted by molar-refractivity contribution is -0.119. The third-order valence-electron chi connectivity index (χ3n) is 3.39. The summed E-state index contributed by atoms with van der Waals surface area (Å²) in [7, 11) is -0.934. The summed E-state index contributed by atoms with van der Waals surface area (Å²) in [4.78, 5) is 12.2. The summed E-state index contributed by atoms with van der Waals surface area (Å²) < 4.78 is 32.4. The fourth-order valence-corrected chi connectivity index (χ4v) is 3.06. The number of carbonyl (C=O) groups excluding carboxylic acids is 1. The molecule has 1 amide bonds. The normalized spacial score (nSPS) is 11.5. The third-order valence-corrected chi connectivity index (χ3v) is 5.21. The van der Waals surface area contributed by atoms with Gasteiger partial charge in [-0.1, -0.05) is 17.7 Å². The van der Waals surface area contributed by atoms with E-state index in [1.54, 1.807) is 36.4 Å². The molecule has 1 heterocycles. The Morgan fingerprint density at radius 3 is 2.38 bits per heavy atom. The fourth-order valence-electron chi connectivity index (χ4n) is 2.00. The Morgan fingerprint density at radius 2 is 1.83 bits per heavy atom. The minimum absolute atomic E-state index is 0.204. The highest BCUT2D eigenvalue weighted by Crippen LogP contribution is 2.19. The molecule has 8 heteroatoms. The number of hydrogen-bond acceptors (Lipinski definition) is 4. The van der Waals surface area contributed by atoms with Crippen LogP contribution in [0.1, 0.15) is 11.3 Å². The molecule has 0 aliphatic heterocycles. The number of nitrogens with one attached hydrogen (secondary N) is 1. The van der Waals surface area contributed by atoms with Crippen LogP contribution in [0.25, 0.3) is 0 Å². The van der Waals surface area contributed by atoms with Crippen molar-refractivity contribution in [1.29, 1.82) is 0 Å². The van der Waals surface area contributed by atoms with Crippen molar-refractivity contribution in [3.63, 3.8) is 0 Å². The van der Waals surface area contributed by atoms with Crippen LogP contribution in [0.5, 0.6) is 0 Å². The maximum Gasteiger partial charge on any atom is 0.304 e. The summed E-state index contributed by atoms with van der Waals surface area (Å²) in [6, 6.07) is 10.4. The van der Waals surface area contributed by atoms with E-state index >= 15 is 0 Å². The number of furan rings is 1. The Hall–Kier alpha value is -2.32. The van der Waals surface area contributed by atoms with Gasteiger partial charge in [0.05, 0.1) is 18.5 Å². The standard InChI is InChI=1S/C16H21N3O4S/c1-13-6-8-14(9-7-13)19(24(21,22)18(2)3)12-16(20)17-11-15-5-4-10-23-15/h4-10H,11-12H2,1-3H3,(H,17,20). The van der Waals surface area contributed by atoms with Gasteiger partial charge in [0.2, 0.25) is 5.91 Å². The number of aryl methyl sites for hydroxylation is 1. The second-order valence-corrected chi connectivity index (χ2v) is 7.56. The Morgan fingerprint density at radius 1 is 1.17 bits per heavy atom. The van der Waals surface area contributed by atoms with Crippen LogP contribution in [0.3, 0.4) is 0 Å². The molecule has 0 atom stereocenters. The number of benzene rings is 1. The van der Waals surface area contributed by atoms with E-state index < -0.39 is 16.1 Å². The van der Waals surface area contributed by atoms with Crippen molar-refractivity contribution in [2.24, 2.45) is 0 Å². The van der Waals surface area contributed by atoms with Crippen molar-refractivity contribution in [2.45, 2.75) is 13.5 Å². The quantitative estimate of drug-likeness (QED) is 0.820. The first kappa shape index (κ1) is 18.0. The second kappa shape index (κ2) is 7.50. The highest BCUT2D eigenvalue weighted by atomic mass is 32.2. The van der Waals surface area contributed by atoms with Gasteiger partial charge in [-0.25, -0.2) is 4.31 Å². The molecular formula is C16H21N3O4S. The largest absolute Gasteiger partial charge is 0.467 e. The van der Waals surface area contributed by atoms with Gasteiger partial charge in [-0.05, 0) is 31.2 Å². The van der Waals surface area contributed by atoms with Crippen molar-refractivity contribution < 1.29 is 17.6 Å². The second-order valence-electron chi connectivity index (χ2n) is 5.49. The Labute approximate surface area is 142 Å². The summed E-state index contributed by atoms with van der Waals surface area (Å²) in [6.45, 7) is 1.80. The van der Waals surface area contributed by atoms with Crippen molar-refractivity contribution in [2.75, 3.05) is 24.9 Å². The Kier molecular flexibility index (Phi) is 5.63. The maximum absolute atomic E-state index is 12.5. The third kappa shape index (κ3) is 4.36. The van der Waals surface area contributed by atoms with Gasteiger partial charge in [0.25, 0.3) is 0 Å². The van der Waals surface area contributed by atoms with E-state index in [4.69, 9.17) is 4.42 Å². The fraction of sp³-hybridized carbons (Fsp3) is 0.312. The van der Waals surface area contributed by atoms with Gasteiger partial charge in [0.15, 0.2) is 0 Å². The van der Waals surface area contributed by atoms with Crippen LogP contribution in [0.15, 0.2) is 47.1 Å². The highest BCUT2D eigenvalue weighted by molar-refractivity contribution is 7.90. The molecular weight excluding hydrogens is 330 g/mol. The van der Waals surface area contributed by atoms with E-state index in [0.717, 1.165) is 14.2 Å². The maximum atomic E-state index is 12.5. The summed E-state index contributed by atoms with van der Waals surface area (Å²) in [5.74, 6) is 0.179. The molecule has 2 rings (SSSR count). The van der Waals surface area contributed by atoms with Crippen LogP contribution in [0, 0.1) is 6.92 Å². The van der Waals surface area contributed by atoms with Crippen LogP contribution in [0.4, 0.5) is 5.69 Å². The van der Waals surface area contributed by atoms with E-state index in [1.807, 2.05) is 6.92 Å². The molecule has 2 aromatic rings. The number of nitrogens with zero attached hydrogens (tertiary/aromatic N) is 2. The van der Waals surface area contributed by atoms with Crippen molar-refractivity contribution in [3.8, 4) is 0 Å². The lowest BCUT2D eigenvalue weighted by Gasteiger charge is -2.27. The first-order chi connectivity index (χ1) is 11.3. The van der Waals surface area contributed by atoms with Gasteiger partial charge < -0.3 is 9.73 Å². The van der Waals surface area contributed by atoms with Crippen LogP contribution in [-0.4, -0.2) is 39.3 Å². The van der Waals surface area contributed by atoms with E-state index in [1.165, 1.54) is 20.4 Å². The minimum atomic E-state index is -3.79. The molecule has 0 aliphatic carbocycles. The van der Waals surface area contributed by atoms with Gasteiger partial charge >= 0.3 is 10.2 Å².